The first-order valence-electron chi connectivity index (χ1n) is 10.3. The summed E-state index contributed by atoms with van der Waals surface area (Å²) in [4.78, 5) is 2.61. The van der Waals surface area contributed by atoms with Gasteiger partial charge in [-0.25, -0.2) is 0 Å². The fraction of sp³-hybridized carbons (Fsp3) is 0.500. The first-order chi connectivity index (χ1) is 12.4. The highest BCUT2D eigenvalue weighted by Crippen LogP contribution is 2.48. The van der Waals surface area contributed by atoms with Crippen LogP contribution >= 0.6 is 0 Å². The Kier molecular flexibility index (Phi) is 6.97. The van der Waals surface area contributed by atoms with Crippen LogP contribution in [0.4, 0.5) is 5.69 Å². The summed E-state index contributed by atoms with van der Waals surface area (Å²) in [5, 5.41) is 0. The van der Waals surface area contributed by atoms with Gasteiger partial charge in [-0.1, -0.05) is 107 Å². The molecule has 0 amide bonds. The minimum Gasteiger partial charge on any atom is -0.357 e. The van der Waals surface area contributed by atoms with Crippen molar-refractivity contribution in [2.45, 2.75) is 76.8 Å². The third kappa shape index (κ3) is 5.11. The first-order valence-corrected chi connectivity index (χ1v) is 10.3. The van der Waals surface area contributed by atoms with Crippen LogP contribution in [0.3, 0.4) is 0 Å². The molecular formula is C24H33N. The predicted octanol–water partition coefficient (Wildman–Crippen LogP) is 7.15. The molecule has 1 heterocycles. The quantitative estimate of drug-likeness (QED) is 0.311. The highest BCUT2D eigenvalue weighted by atomic mass is 15.4. The summed E-state index contributed by atoms with van der Waals surface area (Å²) in [6, 6.07) is 23.2. The third-order valence-electron chi connectivity index (χ3n) is 5.48. The van der Waals surface area contributed by atoms with Gasteiger partial charge in [0.15, 0.2) is 0 Å². The number of benzene rings is 2. The summed E-state index contributed by atoms with van der Waals surface area (Å²) >= 11 is 0. The molecule has 2 aromatic carbocycles. The van der Waals surface area contributed by atoms with Gasteiger partial charge in [-0.05, 0) is 24.1 Å². The third-order valence-corrected chi connectivity index (χ3v) is 5.48. The summed E-state index contributed by atoms with van der Waals surface area (Å²) in [6.45, 7) is 2.29. The first kappa shape index (κ1) is 18.0. The Morgan fingerprint density at radius 1 is 0.680 bits per heavy atom. The van der Waals surface area contributed by atoms with E-state index in [1.165, 1.54) is 69.0 Å². The topological polar surface area (TPSA) is 3.01 Å². The lowest BCUT2D eigenvalue weighted by Gasteiger charge is -2.06. The van der Waals surface area contributed by atoms with Gasteiger partial charge in [-0.3, -0.25) is 0 Å². The highest BCUT2D eigenvalue weighted by molar-refractivity contribution is 5.59. The molecular weight excluding hydrogens is 302 g/mol. The van der Waals surface area contributed by atoms with Crippen LogP contribution in [0, 0.1) is 0 Å². The van der Waals surface area contributed by atoms with E-state index in [1.807, 2.05) is 0 Å². The second-order valence-electron chi connectivity index (χ2n) is 7.43. The van der Waals surface area contributed by atoms with E-state index in [9.17, 15) is 0 Å². The van der Waals surface area contributed by atoms with E-state index in [0.29, 0.717) is 12.1 Å². The Bertz CT molecular complexity index is 547. The van der Waals surface area contributed by atoms with Crippen molar-refractivity contribution in [2.24, 2.45) is 0 Å². The number of rotatable bonds is 11. The minimum absolute atomic E-state index is 0.577. The van der Waals surface area contributed by atoms with Gasteiger partial charge in [0.2, 0.25) is 0 Å². The van der Waals surface area contributed by atoms with E-state index in [0.717, 1.165) is 0 Å². The van der Waals surface area contributed by atoms with Gasteiger partial charge >= 0.3 is 0 Å². The Labute approximate surface area is 154 Å². The molecule has 0 aromatic heterocycles. The second kappa shape index (κ2) is 9.65. The maximum Gasteiger partial charge on any atom is 0.0750 e. The monoisotopic (exact) mass is 335 g/mol. The molecule has 1 nitrogen and oxygen atoms in total. The summed E-state index contributed by atoms with van der Waals surface area (Å²) in [7, 11) is 0. The lowest BCUT2D eigenvalue weighted by molar-refractivity contribution is 0.562. The number of hydrogen-bond donors (Lipinski definition) is 0. The van der Waals surface area contributed by atoms with Gasteiger partial charge < -0.3 is 4.90 Å². The van der Waals surface area contributed by atoms with Crippen LogP contribution in [0.5, 0.6) is 0 Å². The van der Waals surface area contributed by atoms with Crippen molar-refractivity contribution in [1.82, 2.24) is 0 Å². The molecule has 2 aromatic rings. The molecule has 2 atom stereocenters. The number of anilines is 1. The molecule has 0 bridgehead atoms. The highest BCUT2D eigenvalue weighted by Gasteiger charge is 2.47. The van der Waals surface area contributed by atoms with E-state index in [1.54, 1.807) is 0 Å². The maximum absolute atomic E-state index is 2.61. The number of unbranched alkanes of at least 4 members (excludes halogenated alkanes) is 7. The van der Waals surface area contributed by atoms with Crippen LogP contribution in [0.1, 0.15) is 76.3 Å². The smallest absolute Gasteiger partial charge is 0.0750 e. The van der Waals surface area contributed by atoms with Crippen molar-refractivity contribution in [3.05, 3.63) is 66.2 Å². The average Bonchev–Trinajstić information content (AvgIpc) is 3.39. The minimum atomic E-state index is 0.577. The molecule has 1 fully saturated rings. The van der Waals surface area contributed by atoms with E-state index in [-0.39, 0.29) is 0 Å². The van der Waals surface area contributed by atoms with Crippen LogP contribution < -0.4 is 4.90 Å². The van der Waals surface area contributed by atoms with Gasteiger partial charge in [0.05, 0.1) is 12.1 Å². The van der Waals surface area contributed by atoms with Crippen LogP contribution in [-0.2, 0) is 0 Å². The fourth-order valence-corrected chi connectivity index (χ4v) is 4.05. The molecule has 0 aliphatic carbocycles. The van der Waals surface area contributed by atoms with E-state index < -0.39 is 0 Å². The SMILES string of the molecule is CCCCCCCCCC[C@H]1[C@@H](c2ccccc2)N1c1ccccc1. The Balaban J connectivity index is 1.47. The van der Waals surface area contributed by atoms with E-state index in [4.69, 9.17) is 0 Å². The molecule has 1 saturated heterocycles. The van der Waals surface area contributed by atoms with Crippen molar-refractivity contribution in [3.8, 4) is 0 Å². The molecule has 1 aliphatic rings. The number of nitrogens with zero attached hydrogens (tertiary/aromatic N) is 1. The molecule has 0 N–H and O–H groups in total. The zero-order valence-electron chi connectivity index (χ0n) is 15.7. The maximum atomic E-state index is 2.61. The zero-order chi connectivity index (χ0) is 17.3. The molecule has 3 rings (SSSR count). The van der Waals surface area contributed by atoms with Crippen molar-refractivity contribution in [1.29, 1.82) is 0 Å². The van der Waals surface area contributed by atoms with Gasteiger partial charge in [0.25, 0.3) is 0 Å². The molecule has 1 aliphatic heterocycles. The number of hydrogen-bond acceptors (Lipinski definition) is 1. The van der Waals surface area contributed by atoms with Crippen LogP contribution in [-0.4, -0.2) is 6.04 Å². The summed E-state index contributed by atoms with van der Waals surface area (Å²) < 4.78 is 0. The standard InChI is InChI=1S/C24H33N/c1-2-3-4-5-6-7-8-15-20-23-24(21-16-11-9-12-17-21)25(23)22-18-13-10-14-19-22/h9-14,16-19,23-24H,2-8,15,20H2,1H3/t23-,24+,25?/m0/s1. The van der Waals surface area contributed by atoms with Crippen molar-refractivity contribution < 1.29 is 0 Å². The van der Waals surface area contributed by atoms with Gasteiger partial charge in [-0.15, -0.1) is 0 Å². The number of para-hydroxylation sites is 1. The van der Waals surface area contributed by atoms with Crippen LogP contribution in [0.2, 0.25) is 0 Å². The van der Waals surface area contributed by atoms with E-state index >= 15 is 0 Å². The molecule has 134 valence electrons. The molecule has 0 unspecified atom stereocenters. The summed E-state index contributed by atoms with van der Waals surface area (Å²) in [5.74, 6) is 0. The molecule has 0 radical (unpaired) electrons. The second-order valence-corrected chi connectivity index (χ2v) is 7.43. The summed E-state index contributed by atoms with van der Waals surface area (Å²) in [5.41, 5.74) is 2.84. The average molecular weight is 336 g/mol. The predicted molar refractivity (Wildman–Crippen MR) is 109 cm³/mol. The molecule has 0 spiro atoms. The van der Waals surface area contributed by atoms with Crippen molar-refractivity contribution in [3.63, 3.8) is 0 Å². The van der Waals surface area contributed by atoms with Gasteiger partial charge in [0, 0.05) is 5.69 Å². The summed E-state index contributed by atoms with van der Waals surface area (Å²) in [6.07, 6.45) is 12.5. The van der Waals surface area contributed by atoms with Crippen molar-refractivity contribution in [2.75, 3.05) is 4.90 Å². The molecule has 0 saturated carbocycles. The van der Waals surface area contributed by atoms with Crippen LogP contribution in [0.15, 0.2) is 60.7 Å². The van der Waals surface area contributed by atoms with Gasteiger partial charge in [-0.2, -0.15) is 0 Å². The molecule has 25 heavy (non-hydrogen) atoms. The lowest BCUT2D eigenvalue weighted by atomic mass is 10.0. The van der Waals surface area contributed by atoms with Gasteiger partial charge in [0.1, 0.15) is 0 Å². The Hall–Kier alpha value is -1.76. The molecule has 1 heteroatoms. The largest absolute Gasteiger partial charge is 0.357 e. The van der Waals surface area contributed by atoms with E-state index in [2.05, 4.69) is 72.5 Å². The Morgan fingerprint density at radius 2 is 1.24 bits per heavy atom. The lowest BCUT2D eigenvalue weighted by Crippen LogP contribution is -1.98. The van der Waals surface area contributed by atoms with Crippen LogP contribution in [0.25, 0.3) is 0 Å². The van der Waals surface area contributed by atoms with Crippen molar-refractivity contribution >= 4 is 5.69 Å². The fourth-order valence-electron chi connectivity index (χ4n) is 4.05. The zero-order valence-corrected chi connectivity index (χ0v) is 15.7. The Morgan fingerprint density at radius 3 is 1.88 bits per heavy atom. The normalized spacial score (nSPS) is 19.2.